The number of hydrogen-bond donors (Lipinski definition) is 4. The van der Waals surface area contributed by atoms with Crippen LogP contribution in [-0.2, 0) is 16.1 Å². The summed E-state index contributed by atoms with van der Waals surface area (Å²) in [6, 6.07) is 7.51. The van der Waals surface area contributed by atoms with Crippen LogP contribution in [0.4, 0.5) is 0 Å². The number of amides is 1. The monoisotopic (exact) mass is 496 g/mol. The largest absolute Gasteiger partial charge is 0.510 e. The normalized spacial score (nSPS) is 16.6. The highest BCUT2D eigenvalue weighted by atomic mass is 16.5. The number of carbonyl (C=O) groups excluding carboxylic acids is 2. The molecule has 2 unspecified atom stereocenters. The van der Waals surface area contributed by atoms with E-state index in [0.29, 0.717) is 39.8 Å². The first-order valence-electron chi connectivity index (χ1n) is 11.4. The smallest absolute Gasteiger partial charge is 0.326 e. The number of aromatic nitrogens is 2. The SMILES string of the molecule is COc1ccc(COC(=O)C(CO)N(C)C)c2nc3cccc(C(=O)NC4=C(O)CCC4O)c3nc12. The van der Waals surface area contributed by atoms with Gasteiger partial charge in [0.25, 0.3) is 5.91 Å². The molecule has 1 aliphatic rings. The van der Waals surface area contributed by atoms with Crippen LogP contribution in [-0.4, -0.2) is 82.0 Å². The van der Waals surface area contributed by atoms with E-state index < -0.39 is 24.0 Å². The van der Waals surface area contributed by atoms with Crippen molar-refractivity contribution in [1.29, 1.82) is 0 Å². The summed E-state index contributed by atoms with van der Waals surface area (Å²) in [4.78, 5) is 36.4. The minimum Gasteiger partial charge on any atom is -0.510 e. The van der Waals surface area contributed by atoms with Crippen LogP contribution in [0.3, 0.4) is 0 Å². The summed E-state index contributed by atoms with van der Waals surface area (Å²) in [7, 11) is 4.82. The molecule has 0 saturated heterocycles. The van der Waals surface area contributed by atoms with Crippen LogP contribution in [0.5, 0.6) is 5.75 Å². The van der Waals surface area contributed by atoms with E-state index in [2.05, 4.69) is 15.3 Å². The van der Waals surface area contributed by atoms with E-state index in [1.807, 2.05) is 0 Å². The molecule has 1 aliphatic carbocycles. The molecule has 0 bridgehead atoms. The minimum absolute atomic E-state index is 0.0498. The highest BCUT2D eigenvalue weighted by Gasteiger charge is 2.27. The van der Waals surface area contributed by atoms with Gasteiger partial charge in [-0.15, -0.1) is 0 Å². The number of benzene rings is 2. The number of likely N-dealkylation sites (N-methyl/N-ethyl adjacent to an activating group) is 1. The van der Waals surface area contributed by atoms with E-state index in [1.54, 1.807) is 49.3 Å². The molecule has 11 heteroatoms. The van der Waals surface area contributed by atoms with Crippen LogP contribution in [0.1, 0.15) is 28.8 Å². The number of aliphatic hydroxyl groups excluding tert-OH is 3. The van der Waals surface area contributed by atoms with Gasteiger partial charge in [-0.05, 0) is 44.8 Å². The van der Waals surface area contributed by atoms with Gasteiger partial charge in [0, 0.05) is 12.0 Å². The predicted octanol–water partition coefficient (Wildman–Crippen LogP) is 1.41. The molecule has 11 nitrogen and oxygen atoms in total. The molecule has 2 atom stereocenters. The third-order valence-electron chi connectivity index (χ3n) is 6.12. The molecule has 0 saturated carbocycles. The van der Waals surface area contributed by atoms with E-state index >= 15 is 0 Å². The number of methoxy groups -OCH3 is 1. The summed E-state index contributed by atoms with van der Waals surface area (Å²) in [6.45, 7) is -0.481. The fourth-order valence-corrected chi connectivity index (χ4v) is 4.06. The van der Waals surface area contributed by atoms with Crippen LogP contribution in [0.15, 0.2) is 41.8 Å². The van der Waals surface area contributed by atoms with Gasteiger partial charge >= 0.3 is 5.97 Å². The molecular weight excluding hydrogens is 468 g/mol. The number of fused-ring (bicyclic) bond motifs is 2. The molecule has 1 heterocycles. The van der Waals surface area contributed by atoms with Crippen LogP contribution in [0.25, 0.3) is 22.1 Å². The van der Waals surface area contributed by atoms with Crippen LogP contribution in [0, 0.1) is 0 Å². The van der Waals surface area contributed by atoms with E-state index in [9.17, 15) is 24.9 Å². The Hall–Kier alpha value is -3.80. The summed E-state index contributed by atoms with van der Waals surface area (Å²) in [5, 5.41) is 32.1. The lowest BCUT2D eigenvalue weighted by atomic mass is 10.1. The zero-order chi connectivity index (χ0) is 26.0. The number of aliphatic hydroxyl groups is 3. The molecule has 0 fully saturated rings. The van der Waals surface area contributed by atoms with Gasteiger partial charge in [-0.25, -0.2) is 9.97 Å². The maximum atomic E-state index is 13.0. The zero-order valence-electron chi connectivity index (χ0n) is 20.2. The topological polar surface area (TPSA) is 154 Å². The molecule has 1 aromatic heterocycles. The van der Waals surface area contributed by atoms with Gasteiger partial charge in [-0.3, -0.25) is 14.5 Å². The number of para-hydroxylation sites is 1. The lowest BCUT2D eigenvalue weighted by Gasteiger charge is -2.20. The van der Waals surface area contributed by atoms with E-state index in [4.69, 9.17) is 9.47 Å². The third kappa shape index (κ3) is 4.81. The van der Waals surface area contributed by atoms with E-state index in [1.165, 1.54) is 7.11 Å². The number of hydrogen-bond acceptors (Lipinski definition) is 10. The molecule has 3 aromatic rings. The van der Waals surface area contributed by atoms with Gasteiger partial charge in [0.1, 0.15) is 35.2 Å². The number of nitrogens with zero attached hydrogens (tertiary/aromatic N) is 3. The Morgan fingerprint density at radius 3 is 2.58 bits per heavy atom. The molecule has 1 amide bonds. The number of esters is 1. The fourth-order valence-electron chi connectivity index (χ4n) is 4.06. The van der Waals surface area contributed by atoms with Crippen molar-refractivity contribution in [3.63, 3.8) is 0 Å². The molecular formula is C25H28N4O7. The molecule has 0 radical (unpaired) electrons. The number of allylic oxidation sites excluding steroid dienone is 1. The van der Waals surface area contributed by atoms with Crippen molar-refractivity contribution in [2.45, 2.75) is 31.6 Å². The maximum absolute atomic E-state index is 13.0. The first-order chi connectivity index (χ1) is 17.2. The van der Waals surface area contributed by atoms with Crippen LogP contribution < -0.4 is 10.1 Å². The standard InChI is InChI=1S/C25H28N4O7/c1-29(2)16(11-30)25(34)36-12-13-7-10-19(35-3)23-20(13)26-15-6-4-5-14(21(15)27-23)24(33)28-22-17(31)8-9-18(22)32/h4-7,10,16-17,30-32H,8-9,11-12H2,1-3H3,(H,28,33). The summed E-state index contributed by atoms with van der Waals surface area (Å²) in [5.41, 5.74) is 2.39. The molecule has 0 spiro atoms. The molecule has 190 valence electrons. The molecule has 0 aliphatic heterocycles. The predicted molar refractivity (Wildman–Crippen MR) is 130 cm³/mol. The van der Waals surface area contributed by atoms with Crippen molar-refractivity contribution >= 4 is 33.9 Å². The Kier molecular flexibility index (Phi) is 7.34. The van der Waals surface area contributed by atoms with Crippen molar-refractivity contribution in [3.8, 4) is 5.75 Å². The Morgan fingerprint density at radius 1 is 1.17 bits per heavy atom. The van der Waals surface area contributed by atoms with Crippen molar-refractivity contribution < 1.29 is 34.4 Å². The van der Waals surface area contributed by atoms with Gasteiger partial charge in [-0.1, -0.05) is 6.07 Å². The second-order valence-electron chi connectivity index (χ2n) is 8.66. The molecule has 4 rings (SSSR count). The fraction of sp³-hybridized carbons (Fsp3) is 0.360. The Morgan fingerprint density at radius 2 is 1.94 bits per heavy atom. The summed E-state index contributed by atoms with van der Waals surface area (Å²) < 4.78 is 10.9. The average molecular weight is 497 g/mol. The van der Waals surface area contributed by atoms with Gasteiger partial charge < -0.3 is 30.1 Å². The second-order valence-corrected chi connectivity index (χ2v) is 8.66. The van der Waals surface area contributed by atoms with Crippen molar-refractivity contribution in [2.75, 3.05) is 27.8 Å². The third-order valence-corrected chi connectivity index (χ3v) is 6.12. The molecule has 2 aromatic carbocycles. The summed E-state index contributed by atoms with van der Waals surface area (Å²) in [6.07, 6.45) is -0.326. The highest BCUT2D eigenvalue weighted by molar-refractivity contribution is 6.07. The average Bonchev–Trinajstić information content (AvgIpc) is 3.17. The van der Waals surface area contributed by atoms with Crippen molar-refractivity contribution in [1.82, 2.24) is 20.2 Å². The highest BCUT2D eigenvalue weighted by Crippen LogP contribution is 2.30. The lowest BCUT2D eigenvalue weighted by Crippen LogP contribution is -2.39. The number of ether oxygens (including phenoxy) is 2. The second kappa shape index (κ2) is 10.4. The summed E-state index contributed by atoms with van der Waals surface area (Å²) in [5.74, 6) is -0.755. The number of nitrogens with one attached hydrogen (secondary N) is 1. The van der Waals surface area contributed by atoms with Crippen molar-refractivity contribution in [2.24, 2.45) is 0 Å². The summed E-state index contributed by atoms with van der Waals surface area (Å²) >= 11 is 0. The quantitative estimate of drug-likeness (QED) is 0.266. The maximum Gasteiger partial charge on any atom is 0.326 e. The van der Waals surface area contributed by atoms with Gasteiger partial charge in [0.2, 0.25) is 0 Å². The first-order valence-corrected chi connectivity index (χ1v) is 11.4. The molecule has 36 heavy (non-hydrogen) atoms. The van der Waals surface area contributed by atoms with Gasteiger partial charge in [0.05, 0.1) is 42.1 Å². The Balaban J connectivity index is 1.73. The van der Waals surface area contributed by atoms with Gasteiger partial charge in [0.15, 0.2) is 0 Å². The van der Waals surface area contributed by atoms with Crippen molar-refractivity contribution in [3.05, 3.63) is 52.9 Å². The Labute approximate surface area is 207 Å². The van der Waals surface area contributed by atoms with E-state index in [0.717, 1.165) is 0 Å². The number of carbonyl (C=O) groups is 2. The van der Waals surface area contributed by atoms with Crippen LogP contribution >= 0.6 is 0 Å². The number of rotatable bonds is 8. The first kappa shape index (κ1) is 25.3. The molecule has 4 N–H and O–H groups in total. The Bertz CT molecular complexity index is 1360. The van der Waals surface area contributed by atoms with E-state index in [-0.39, 0.29) is 36.7 Å². The van der Waals surface area contributed by atoms with Gasteiger partial charge in [-0.2, -0.15) is 0 Å². The lowest BCUT2D eigenvalue weighted by molar-refractivity contribution is -0.151. The van der Waals surface area contributed by atoms with Crippen LogP contribution in [0.2, 0.25) is 0 Å². The zero-order valence-corrected chi connectivity index (χ0v) is 20.2. The minimum atomic E-state index is -0.945.